The van der Waals surface area contributed by atoms with Crippen LogP contribution in [-0.2, 0) is 21.3 Å². The Kier molecular flexibility index (Phi) is 7.22. The van der Waals surface area contributed by atoms with Crippen molar-refractivity contribution in [2.45, 2.75) is 44.6 Å². The number of unbranched alkanes of at least 4 members (excludes halogenated alkanes) is 1. The number of ether oxygens (including phenoxy) is 1. The van der Waals surface area contributed by atoms with Crippen LogP contribution in [-0.4, -0.2) is 28.2 Å². The zero-order chi connectivity index (χ0) is 15.0. The third kappa shape index (κ3) is 5.24. The van der Waals surface area contributed by atoms with Gasteiger partial charge in [-0.1, -0.05) is 13.3 Å². The zero-order valence-electron chi connectivity index (χ0n) is 12.1. The lowest BCUT2D eigenvalue weighted by atomic mass is 10.4. The van der Waals surface area contributed by atoms with Crippen molar-refractivity contribution in [2.75, 3.05) is 19.8 Å². The summed E-state index contributed by atoms with van der Waals surface area (Å²) >= 11 is 0. The van der Waals surface area contributed by atoms with Crippen LogP contribution in [0.5, 0.6) is 0 Å². The summed E-state index contributed by atoms with van der Waals surface area (Å²) < 4.78 is 37.3. The number of hydrogen-bond donors (Lipinski definition) is 2. The maximum Gasteiger partial charge on any atom is 0.244 e. The first-order valence-electron chi connectivity index (χ1n) is 6.88. The summed E-state index contributed by atoms with van der Waals surface area (Å²) in [6, 6.07) is 1.47. The first kappa shape index (κ1) is 17.2. The van der Waals surface area contributed by atoms with Crippen molar-refractivity contribution >= 4 is 10.0 Å². The van der Waals surface area contributed by atoms with Crippen LogP contribution < -0.4 is 10.5 Å². The second kappa shape index (κ2) is 8.41. The molecule has 20 heavy (non-hydrogen) atoms. The van der Waals surface area contributed by atoms with E-state index in [0.717, 1.165) is 19.4 Å². The maximum absolute atomic E-state index is 12.1. The molecule has 0 saturated carbocycles. The average molecular weight is 304 g/mol. The minimum atomic E-state index is -3.53. The molecule has 1 rings (SSSR count). The smallest absolute Gasteiger partial charge is 0.244 e. The van der Waals surface area contributed by atoms with Crippen LogP contribution in [0.1, 0.15) is 37.7 Å². The van der Waals surface area contributed by atoms with Gasteiger partial charge < -0.3 is 14.9 Å². The van der Waals surface area contributed by atoms with Crippen LogP contribution in [0.3, 0.4) is 0 Å². The zero-order valence-corrected chi connectivity index (χ0v) is 13.0. The van der Waals surface area contributed by atoms with Crippen molar-refractivity contribution in [1.29, 1.82) is 0 Å². The SMILES string of the molecule is CCCCOCCCNS(=O)(=O)c1cc(CN)oc1C. The highest BCUT2D eigenvalue weighted by Gasteiger charge is 2.20. The third-order valence-electron chi connectivity index (χ3n) is 2.81. The van der Waals surface area contributed by atoms with E-state index in [4.69, 9.17) is 14.9 Å². The largest absolute Gasteiger partial charge is 0.464 e. The average Bonchev–Trinajstić information content (AvgIpc) is 2.80. The van der Waals surface area contributed by atoms with Gasteiger partial charge in [-0.2, -0.15) is 0 Å². The molecule has 0 aliphatic rings. The molecule has 0 amide bonds. The molecule has 0 unspecified atom stereocenters. The van der Waals surface area contributed by atoms with Crippen LogP contribution in [0.25, 0.3) is 0 Å². The van der Waals surface area contributed by atoms with Crippen molar-refractivity contribution in [1.82, 2.24) is 4.72 Å². The summed E-state index contributed by atoms with van der Waals surface area (Å²) in [4.78, 5) is 0.157. The number of rotatable bonds is 10. The number of furan rings is 1. The Morgan fingerprint density at radius 1 is 1.35 bits per heavy atom. The van der Waals surface area contributed by atoms with Crippen LogP contribution in [0, 0.1) is 6.92 Å². The number of aryl methyl sites for hydroxylation is 1. The molecule has 3 N–H and O–H groups in total. The molecule has 0 aromatic carbocycles. The Balaban J connectivity index is 2.40. The van der Waals surface area contributed by atoms with Gasteiger partial charge >= 0.3 is 0 Å². The molecule has 0 saturated heterocycles. The molecule has 1 aromatic rings. The molecule has 6 nitrogen and oxygen atoms in total. The maximum atomic E-state index is 12.1. The van der Waals surface area contributed by atoms with Gasteiger partial charge in [0.2, 0.25) is 10.0 Å². The van der Waals surface area contributed by atoms with Crippen molar-refractivity contribution < 1.29 is 17.6 Å². The van der Waals surface area contributed by atoms with Gasteiger partial charge in [-0.3, -0.25) is 0 Å². The van der Waals surface area contributed by atoms with Gasteiger partial charge in [0.1, 0.15) is 16.4 Å². The standard InChI is InChI=1S/C13H24N2O4S/c1-3-4-7-18-8-5-6-15-20(16,17)13-9-12(10-14)19-11(13)2/h9,15H,3-8,10,14H2,1-2H3. The number of hydrogen-bond acceptors (Lipinski definition) is 5. The Morgan fingerprint density at radius 3 is 2.65 bits per heavy atom. The van der Waals surface area contributed by atoms with Gasteiger partial charge in [-0.15, -0.1) is 0 Å². The topological polar surface area (TPSA) is 94.6 Å². The minimum absolute atomic E-state index is 0.157. The van der Waals surface area contributed by atoms with Gasteiger partial charge in [0, 0.05) is 25.8 Å². The van der Waals surface area contributed by atoms with Gasteiger partial charge in [-0.05, 0) is 19.8 Å². The second-order valence-electron chi connectivity index (χ2n) is 4.55. The monoisotopic (exact) mass is 304 g/mol. The molecule has 116 valence electrons. The highest BCUT2D eigenvalue weighted by Crippen LogP contribution is 2.19. The van der Waals surface area contributed by atoms with E-state index in [1.807, 2.05) is 0 Å². The summed E-state index contributed by atoms with van der Waals surface area (Å²) in [5.74, 6) is 0.822. The predicted molar refractivity (Wildman–Crippen MR) is 76.9 cm³/mol. The van der Waals surface area contributed by atoms with Crippen LogP contribution in [0.4, 0.5) is 0 Å². The second-order valence-corrected chi connectivity index (χ2v) is 6.29. The van der Waals surface area contributed by atoms with E-state index >= 15 is 0 Å². The molecule has 0 spiro atoms. The molecule has 1 aromatic heterocycles. The lowest BCUT2D eigenvalue weighted by molar-refractivity contribution is 0.130. The van der Waals surface area contributed by atoms with Crippen molar-refractivity contribution in [2.24, 2.45) is 5.73 Å². The fraction of sp³-hybridized carbons (Fsp3) is 0.692. The molecule has 0 atom stereocenters. The fourth-order valence-electron chi connectivity index (χ4n) is 1.70. The molecule has 0 aliphatic carbocycles. The van der Waals surface area contributed by atoms with E-state index in [1.54, 1.807) is 6.92 Å². The molecule has 1 heterocycles. The Hall–Kier alpha value is -0.890. The summed E-state index contributed by atoms with van der Waals surface area (Å²) in [6.45, 7) is 5.52. The molecular formula is C13H24N2O4S. The molecule has 7 heteroatoms. The normalized spacial score (nSPS) is 11.9. The van der Waals surface area contributed by atoms with Gasteiger partial charge in [-0.25, -0.2) is 13.1 Å². The Bertz CT molecular complexity index is 496. The number of nitrogens with two attached hydrogens (primary N) is 1. The van der Waals surface area contributed by atoms with Gasteiger partial charge in [0.05, 0.1) is 6.54 Å². The highest BCUT2D eigenvalue weighted by molar-refractivity contribution is 7.89. The van der Waals surface area contributed by atoms with E-state index in [2.05, 4.69) is 11.6 Å². The van der Waals surface area contributed by atoms with E-state index in [9.17, 15) is 8.42 Å². The summed E-state index contributed by atoms with van der Waals surface area (Å²) in [5, 5.41) is 0. The lowest BCUT2D eigenvalue weighted by Crippen LogP contribution is -2.25. The molecule has 0 bridgehead atoms. The van der Waals surface area contributed by atoms with E-state index in [1.165, 1.54) is 6.07 Å². The Labute approximate surface area is 120 Å². The van der Waals surface area contributed by atoms with E-state index < -0.39 is 10.0 Å². The van der Waals surface area contributed by atoms with Crippen molar-refractivity contribution in [3.63, 3.8) is 0 Å². The summed E-state index contributed by atoms with van der Waals surface area (Å²) in [7, 11) is -3.53. The van der Waals surface area contributed by atoms with E-state index in [-0.39, 0.29) is 11.4 Å². The third-order valence-corrected chi connectivity index (χ3v) is 4.38. The first-order valence-corrected chi connectivity index (χ1v) is 8.36. The van der Waals surface area contributed by atoms with Crippen molar-refractivity contribution in [3.05, 3.63) is 17.6 Å². The van der Waals surface area contributed by atoms with Crippen LogP contribution in [0.2, 0.25) is 0 Å². The van der Waals surface area contributed by atoms with Crippen LogP contribution >= 0.6 is 0 Å². The number of sulfonamides is 1. The number of nitrogens with one attached hydrogen (secondary N) is 1. The molecule has 0 aliphatic heterocycles. The van der Waals surface area contributed by atoms with Crippen molar-refractivity contribution in [3.8, 4) is 0 Å². The fourth-order valence-corrected chi connectivity index (χ4v) is 2.97. The predicted octanol–water partition coefficient (Wildman–Crippen LogP) is 1.53. The Morgan fingerprint density at radius 2 is 2.05 bits per heavy atom. The van der Waals surface area contributed by atoms with Gasteiger partial charge in [0.15, 0.2) is 0 Å². The van der Waals surface area contributed by atoms with Gasteiger partial charge in [0.25, 0.3) is 0 Å². The molecule has 0 fully saturated rings. The van der Waals surface area contributed by atoms with E-state index in [0.29, 0.717) is 31.1 Å². The summed E-state index contributed by atoms with van der Waals surface area (Å²) in [5.41, 5.74) is 5.43. The van der Waals surface area contributed by atoms with Crippen LogP contribution in [0.15, 0.2) is 15.4 Å². The summed E-state index contributed by atoms with van der Waals surface area (Å²) in [6.07, 6.45) is 2.77. The highest BCUT2D eigenvalue weighted by atomic mass is 32.2. The quantitative estimate of drug-likeness (QED) is 0.639. The molecular weight excluding hydrogens is 280 g/mol. The molecule has 0 radical (unpaired) electrons. The lowest BCUT2D eigenvalue weighted by Gasteiger charge is -2.06. The minimum Gasteiger partial charge on any atom is -0.464 e. The first-order chi connectivity index (χ1) is 9.51.